The molecule has 0 saturated carbocycles. The molecule has 19 heavy (non-hydrogen) atoms. The molecule has 0 heterocycles. The van der Waals surface area contributed by atoms with Crippen LogP contribution in [-0.2, 0) is 0 Å². The predicted molar refractivity (Wildman–Crippen MR) is 75.0 cm³/mol. The zero-order valence-corrected chi connectivity index (χ0v) is 11.7. The van der Waals surface area contributed by atoms with E-state index < -0.39 is 0 Å². The minimum atomic E-state index is -0.268. The van der Waals surface area contributed by atoms with E-state index in [9.17, 15) is 4.79 Å². The fourth-order valence-corrected chi connectivity index (χ4v) is 1.45. The third kappa shape index (κ3) is 6.76. The number of carbonyl (C=O) groups is 1. The predicted octanol–water partition coefficient (Wildman–Crippen LogP) is 2.35. The highest BCUT2D eigenvalue weighted by molar-refractivity contribution is 6.17. The Bertz CT molecular complexity index is 371. The number of hydrogen-bond acceptors (Lipinski definition) is 3. The lowest BCUT2D eigenvalue weighted by Crippen LogP contribution is -2.38. The monoisotopic (exact) mass is 286 g/mol. The van der Waals surface area contributed by atoms with Crippen LogP contribution < -0.4 is 20.1 Å². The molecule has 0 spiro atoms. The first kappa shape index (κ1) is 15.4. The summed E-state index contributed by atoms with van der Waals surface area (Å²) in [5.41, 5.74) is 0. The highest BCUT2D eigenvalue weighted by atomic mass is 35.5. The van der Waals surface area contributed by atoms with E-state index in [4.69, 9.17) is 21.1 Å². The van der Waals surface area contributed by atoms with Gasteiger partial charge in [0.1, 0.15) is 11.5 Å². The molecular formula is C13H19ClN2O3. The van der Waals surface area contributed by atoms with Crippen molar-refractivity contribution in [2.24, 2.45) is 0 Å². The Labute approximate surface area is 118 Å². The molecule has 0 atom stereocenters. The molecule has 5 nitrogen and oxygen atoms in total. The average molecular weight is 287 g/mol. The van der Waals surface area contributed by atoms with Crippen molar-refractivity contribution in [3.63, 3.8) is 0 Å². The van der Waals surface area contributed by atoms with Crippen LogP contribution in [0.3, 0.4) is 0 Å². The Morgan fingerprint density at radius 2 is 1.79 bits per heavy atom. The highest BCUT2D eigenvalue weighted by Gasteiger charge is 1.99. The van der Waals surface area contributed by atoms with E-state index in [0.29, 0.717) is 24.8 Å². The van der Waals surface area contributed by atoms with Crippen LogP contribution in [0, 0.1) is 0 Å². The van der Waals surface area contributed by atoms with Gasteiger partial charge in [0.25, 0.3) is 0 Å². The maximum absolute atomic E-state index is 11.3. The molecule has 0 saturated heterocycles. The quantitative estimate of drug-likeness (QED) is 0.438. The number of alkyl halides is 1. The first-order valence-electron chi connectivity index (χ1n) is 6.19. The van der Waals surface area contributed by atoms with Crippen molar-refractivity contribution in [3.8, 4) is 11.5 Å². The summed E-state index contributed by atoms with van der Waals surface area (Å²) < 4.78 is 10.7. The first-order chi connectivity index (χ1) is 9.26. The van der Waals surface area contributed by atoms with Crippen LogP contribution in [0.1, 0.15) is 13.3 Å². The highest BCUT2D eigenvalue weighted by Crippen LogP contribution is 2.16. The number of ether oxygens (including phenoxy) is 2. The van der Waals surface area contributed by atoms with Crippen LogP contribution in [-0.4, -0.2) is 31.8 Å². The Morgan fingerprint density at radius 1 is 1.16 bits per heavy atom. The number of rotatable bonds is 8. The van der Waals surface area contributed by atoms with Gasteiger partial charge in [0.15, 0.2) is 6.73 Å². The summed E-state index contributed by atoms with van der Waals surface area (Å²) in [7, 11) is 0. The molecule has 0 aliphatic rings. The second-order valence-electron chi connectivity index (χ2n) is 3.67. The molecule has 0 unspecified atom stereocenters. The minimum Gasteiger partial charge on any atom is -0.494 e. The van der Waals surface area contributed by atoms with Gasteiger partial charge in [-0.3, -0.25) is 0 Å². The van der Waals surface area contributed by atoms with Crippen molar-refractivity contribution in [3.05, 3.63) is 24.3 Å². The van der Waals surface area contributed by atoms with Crippen LogP contribution in [0.5, 0.6) is 11.5 Å². The maximum atomic E-state index is 11.3. The number of amides is 2. The molecule has 0 fully saturated rings. The molecule has 0 aliphatic heterocycles. The van der Waals surface area contributed by atoms with E-state index in [-0.39, 0.29) is 12.8 Å². The molecule has 0 radical (unpaired) electrons. The topological polar surface area (TPSA) is 59.6 Å². The van der Waals surface area contributed by atoms with Crippen LogP contribution in [0.25, 0.3) is 0 Å². The Hall–Kier alpha value is -1.62. The molecule has 0 aromatic heterocycles. The third-order valence-electron chi connectivity index (χ3n) is 2.20. The largest absolute Gasteiger partial charge is 0.494 e. The molecule has 0 aliphatic carbocycles. The summed E-state index contributed by atoms with van der Waals surface area (Å²) in [5, 5.41) is 5.24. The third-order valence-corrected chi connectivity index (χ3v) is 2.47. The van der Waals surface area contributed by atoms with Crippen molar-refractivity contribution in [2.45, 2.75) is 13.3 Å². The Morgan fingerprint density at radius 3 is 2.37 bits per heavy atom. The van der Waals surface area contributed by atoms with Crippen LogP contribution >= 0.6 is 11.6 Å². The van der Waals surface area contributed by atoms with Crippen molar-refractivity contribution in [2.75, 3.05) is 25.8 Å². The standard InChI is InChI=1S/C13H19ClN2O3/c1-2-18-11-4-6-12(7-5-11)19-10-16-13(17)15-9-3-8-14/h4-7H,2-3,8-10H2,1H3,(H2,15,16,17). The second kappa shape index (κ2) is 9.33. The number of urea groups is 1. The van der Waals surface area contributed by atoms with Gasteiger partial charge in [-0.05, 0) is 37.6 Å². The molecule has 0 bridgehead atoms. The van der Waals surface area contributed by atoms with Crippen molar-refractivity contribution in [1.82, 2.24) is 10.6 Å². The molecule has 1 aromatic rings. The lowest BCUT2D eigenvalue weighted by molar-refractivity contribution is 0.224. The summed E-state index contributed by atoms with van der Waals surface area (Å²) in [4.78, 5) is 11.3. The van der Waals surface area contributed by atoms with E-state index in [1.165, 1.54) is 0 Å². The zero-order chi connectivity index (χ0) is 13.9. The summed E-state index contributed by atoms with van der Waals surface area (Å²) >= 11 is 5.50. The summed E-state index contributed by atoms with van der Waals surface area (Å²) in [6.45, 7) is 3.22. The van der Waals surface area contributed by atoms with Crippen molar-refractivity contribution in [1.29, 1.82) is 0 Å². The Balaban J connectivity index is 2.19. The van der Waals surface area contributed by atoms with Gasteiger partial charge in [0.05, 0.1) is 6.61 Å². The lowest BCUT2D eigenvalue weighted by Gasteiger charge is -2.09. The van der Waals surface area contributed by atoms with Crippen LogP contribution in [0.15, 0.2) is 24.3 Å². The number of halogens is 1. The van der Waals surface area contributed by atoms with E-state index in [0.717, 1.165) is 12.2 Å². The van der Waals surface area contributed by atoms with Gasteiger partial charge in [-0.15, -0.1) is 11.6 Å². The first-order valence-corrected chi connectivity index (χ1v) is 6.73. The van der Waals surface area contributed by atoms with E-state index >= 15 is 0 Å². The fraction of sp³-hybridized carbons (Fsp3) is 0.462. The van der Waals surface area contributed by atoms with Gasteiger partial charge in [-0.2, -0.15) is 0 Å². The van der Waals surface area contributed by atoms with Crippen LogP contribution in [0.4, 0.5) is 4.79 Å². The van der Waals surface area contributed by atoms with Crippen molar-refractivity contribution >= 4 is 17.6 Å². The second-order valence-corrected chi connectivity index (χ2v) is 4.05. The van der Waals surface area contributed by atoms with Gasteiger partial charge in [-0.1, -0.05) is 0 Å². The number of carbonyl (C=O) groups excluding carboxylic acids is 1. The van der Waals surface area contributed by atoms with Gasteiger partial charge in [0, 0.05) is 12.4 Å². The molecule has 2 N–H and O–H groups in total. The molecular weight excluding hydrogens is 268 g/mol. The zero-order valence-electron chi connectivity index (χ0n) is 10.9. The van der Waals surface area contributed by atoms with Gasteiger partial charge < -0.3 is 20.1 Å². The Kier molecular flexibility index (Phi) is 7.58. The summed E-state index contributed by atoms with van der Waals surface area (Å²) in [6.07, 6.45) is 0.745. The van der Waals surface area contributed by atoms with E-state index in [1.807, 2.05) is 19.1 Å². The molecule has 106 valence electrons. The van der Waals surface area contributed by atoms with Gasteiger partial charge >= 0.3 is 6.03 Å². The fourth-order valence-electron chi connectivity index (χ4n) is 1.31. The SMILES string of the molecule is CCOc1ccc(OCNC(=O)NCCCCl)cc1. The summed E-state index contributed by atoms with van der Waals surface area (Å²) in [6, 6.07) is 6.95. The average Bonchev–Trinajstić information content (AvgIpc) is 2.41. The van der Waals surface area contributed by atoms with Crippen LogP contribution in [0.2, 0.25) is 0 Å². The molecule has 6 heteroatoms. The summed E-state index contributed by atoms with van der Waals surface area (Å²) in [5.74, 6) is 1.99. The lowest BCUT2D eigenvalue weighted by atomic mass is 10.3. The van der Waals surface area contributed by atoms with Crippen molar-refractivity contribution < 1.29 is 14.3 Å². The molecule has 1 aromatic carbocycles. The van der Waals surface area contributed by atoms with E-state index in [2.05, 4.69) is 10.6 Å². The molecule has 2 amide bonds. The minimum absolute atomic E-state index is 0.112. The molecule has 1 rings (SSSR count). The number of hydrogen-bond donors (Lipinski definition) is 2. The van der Waals surface area contributed by atoms with E-state index in [1.54, 1.807) is 12.1 Å². The number of benzene rings is 1. The maximum Gasteiger partial charge on any atom is 0.317 e. The van der Waals surface area contributed by atoms with Gasteiger partial charge in [-0.25, -0.2) is 4.79 Å². The normalized spacial score (nSPS) is 9.79. The number of nitrogens with one attached hydrogen (secondary N) is 2. The van der Waals surface area contributed by atoms with Gasteiger partial charge in [0.2, 0.25) is 0 Å². The smallest absolute Gasteiger partial charge is 0.317 e.